The molecule has 2 aromatic rings. The van der Waals surface area contributed by atoms with Crippen molar-refractivity contribution < 1.29 is 29.3 Å². The molecular formula is C26H34N2O6. The van der Waals surface area contributed by atoms with Gasteiger partial charge in [-0.1, -0.05) is 56.9 Å². The Labute approximate surface area is 200 Å². The number of ether oxygens (including phenoxy) is 1. The Hall–Kier alpha value is -3.39. The zero-order valence-electron chi connectivity index (χ0n) is 19.5. The maximum absolute atomic E-state index is 12.4. The fraction of sp³-hybridized carbons (Fsp3) is 0.423. The van der Waals surface area contributed by atoms with Crippen molar-refractivity contribution in [1.82, 2.24) is 5.32 Å². The fourth-order valence-corrected chi connectivity index (χ4v) is 3.44. The van der Waals surface area contributed by atoms with Crippen LogP contribution in [0.15, 0.2) is 48.5 Å². The standard InChI is InChI=1S/C26H34N2O6/c1-2-3-4-5-6-7-24(30)34-21-14-10-19(11-15-21)17-23(26(32)33)28-25(31)22(27)16-18-8-12-20(29)13-9-18/h8-15,22-23,29H,2-7,16-17,27H2,1H3,(H,28,31)(H,32,33). The number of amides is 1. The molecule has 34 heavy (non-hydrogen) atoms. The van der Waals surface area contributed by atoms with Crippen LogP contribution in [0.4, 0.5) is 0 Å². The van der Waals surface area contributed by atoms with Crippen molar-refractivity contribution in [3.63, 3.8) is 0 Å². The molecular weight excluding hydrogens is 436 g/mol. The van der Waals surface area contributed by atoms with E-state index in [1.165, 1.54) is 18.6 Å². The second-order valence-electron chi connectivity index (χ2n) is 8.36. The summed E-state index contributed by atoms with van der Waals surface area (Å²) in [6.45, 7) is 2.14. The second-order valence-corrected chi connectivity index (χ2v) is 8.36. The van der Waals surface area contributed by atoms with Gasteiger partial charge in [0.1, 0.15) is 17.5 Å². The molecule has 0 fully saturated rings. The lowest BCUT2D eigenvalue weighted by atomic mass is 10.0. The maximum atomic E-state index is 12.4. The van der Waals surface area contributed by atoms with Crippen LogP contribution in [0.3, 0.4) is 0 Å². The van der Waals surface area contributed by atoms with Gasteiger partial charge in [0.2, 0.25) is 5.91 Å². The molecule has 0 aromatic heterocycles. The van der Waals surface area contributed by atoms with Gasteiger partial charge < -0.3 is 26.0 Å². The van der Waals surface area contributed by atoms with Gasteiger partial charge in [-0.2, -0.15) is 0 Å². The van der Waals surface area contributed by atoms with Crippen molar-refractivity contribution in [1.29, 1.82) is 0 Å². The van der Waals surface area contributed by atoms with Crippen molar-refractivity contribution in [3.05, 3.63) is 59.7 Å². The Kier molecular flexibility index (Phi) is 11.1. The number of esters is 1. The van der Waals surface area contributed by atoms with Crippen molar-refractivity contribution in [2.45, 2.75) is 70.4 Å². The molecule has 0 heterocycles. The van der Waals surface area contributed by atoms with Gasteiger partial charge in [-0.25, -0.2) is 4.79 Å². The summed E-state index contributed by atoms with van der Waals surface area (Å²) in [5, 5.41) is 21.4. The number of phenols is 1. The van der Waals surface area contributed by atoms with Crippen LogP contribution in [-0.2, 0) is 27.2 Å². The fourth-order valence-electron chi connectivity index (χ4n) is 3.44. The molecule has 2 aromatic carbocycles. The number of carbonyl (C=O) groups is 3. The lowest BCUT2D eigenvalue weighted by Gasteiger charge is -2.18. The van der Waals surface area contributed by atoms with Crippen LogP contribution in [0.1, 0.15) is 56.6 Å². The van der Waals surface area contributed by atoms with E-state index in [0.29, 0.717) is 17.7 Å². The summed E-state index contributed by atoms with van der Waals surface area (Å²) < 4.78 is 5.33. The normalized spacial score (nSPS) is 12.5. The second kappa shape index (κ2) is 14.0. The third-order valence-electron chi connectivity index (χ3n) is 5.42. The van der Waals surface area contributed by atoms with Crippen LogP contribution < -0.4 is 15.8 Å². The Morgan fingerprint density at radius 3 is 2.12 bits per heavy atom. The minimum absolute atomic E-state index is 0.0542. The number of nitrogens with one attached hydrogen (secondary N) is 1. The number of aromatic hydroxyl groups is 1. The molecule has 2 unspecified atom stereocenters. The summed E-state index contributed by atoms with van der Waals surface area (Å²) in [6, 6.07) is 10.8. The molecule has 2 atom stereocenters. The first-order chi connectivity index (χ1) is 16.3. The van der Waals surface area contributed by atoms with Gasteiger partial charge in [-0.3, -0.25) is 9.59 Å². The Balaban J connectivity index is 1.85. The number of hydrogen-bond donors (Lipinski definition) is 4. The Morgan fingerprint density at radius 1 is 0.912 bits per heavy atom. The number of unbranched alkanes of at least 4 members (excludes halogenated alkanes) is 4. The van der Waals surface area contributed by atoms with Gasteiger partial charge in [0.15, 0.2) is 0 Å². The molecule has 0 radical (unpaired) electrons. The third kappa shape index (κ3) is 9.62. The van der Waals surface area contributed by atoms with Crippen LogP contribution in [0.2, 0.25) is 0 Å². The summed E-state index contributed by atoms with van der Waals surface area (Å²) in [4.78, 5) is 36.1. The molecule has 1 amide bonds. The molecule has 0 bridgehead atoms. The SMILES string of the molecule is CCCCCCCC(=O)Oc1ccc(CC(NC(=O)C(N)Cc2ccc(O)cc2)C(=O)O)cc1. The summed E-state index contributed by atoms with van der Waals surface area (Å²) in [7, 11) is 0. The monoisotopic (exact) mass is 470 g/mol. The number of rotatable bonds is 14. The van der Waals surface area contributed by atoms with E-state index in [0.717, 1.165) is 31.2 Å². The smallest absolute Gasteiger partial charge is 0.326 e. The molecule has 8 nitrogen and oxygen atoms in total. The lowest BCUT2D eigenvalue weighted by Crippen LogP contribution is -2.50. The van der Waals surface area contributed by atoms with Gasteiger partial charge in [0.25, 0.3) is 0 Å². The molecule has 2 rings (SSSR count). The van der Waals surface area contributed by atoms with Gasteiger partial charge >= 0.3 is 11.9 Å². The van der Waals surface area contributed by atoms with Crippen molar-refractivity contribution >= 4 is 17.8 Å². The zero-order chi connectivity index (χ0) is 24.9. The predicted octanol–water partition coefficient (Wildman–Crippen LogP) is 3.34. The van der Waals surface area contributed by atoms with Gasteiger partial charge in [-0.15, -0.1) is 0 Å². The number of hydrogen-bond acceptors (Lipinski definition) is 6. The third-order valence-corrected chi connectivity index (χ3v) is 5.42. The van der Waals surface area contributed by atoms with Crippen molar-refractivity contribution in [2.75, 3.05) is 0 Å². The molecule has 0 aliphatic rings. The summed E-state index contributed by atoms with van der Waals surface area (Å²) in [5.74, 6) is -1.54. The number of aliphatic carboxylic acids is 1. The Bertz CT molecular complexity index is 927. The first-order valence-corrected chi connectivity index (χ1v) is 11.6. The first-order valence-electron chi connectivity index (χ1n) is 11.6. The van der Waals surface area contributed by atoms with Gasteiger partial charge in [0.05, 0.1) is 6.04 Å². The number of carbonyl (C=O) groups excluding carboxylic acids is 2. The summed E-state index contributed by atoms with van der Waals surface area (Å²) in [6.07, 6.45) is 5.85. The highest BCUT2D eigenvalue weighted by atomic mass is 16.5. The quantitative estimate of drug-likeness (QED) is 0.189. The average molecular weight is 471 g/mol. The number of phenolic OH excluding ortho intramolecular Hbond substituents is 1. The van der Waals surface area contributed by atoms with Crippen LogP contribution in [-0.4, -0.2) is 40.1 Å². The van der Waals surface area contributed by atoms with E-state index in [4.69, 9.17) is 10.5 Å². The van der Waals surface area contributed by atoms with Gasteiger partial charge in [-0.05, 0) is 48.2 Å². The van der Waals surface area contributed by atoms with E-state index >= 15 is 0 Å². The molecule has 8 heteroatoms. The molecule has 0 saturated heterocycles. The highest BCUT2D eigenvalue weighted by molar-refractivity contribution is 5.87. The maximum Gasteiger partial charge on any atom is 0.326 e. The van der Waals surface area contributed by atoms with E-state index in [1.807, 2.05) is 0 Å². The largest absolute Gasteiger partial charge is 0.508 e. The van der Waals surface area contributed by atoms with Crippen LogP contribution in [0.25, 0.3) is 0 Å². The van der Waals surface area contributed by atoms with Crippen LogP contribution >= 0.6 is 0 Å². The minimum atomic E-state index is -1.18. The first kappa shape index (κ1) is 26.9. The van der Waals surface area contributed by atoms with E-state index in [-0.39, 0.29) is 24.6 Å². The Morgan fingerprint density at radius 2 is 1.50 bits per heavy atom. The number of nitrogens with two attached hydrogens (primary N) is 1. The van der Waals surface area contributed by atoms with E-state index in [1.54, 1.807) is 36.4 Å². The molecule has 0 aliphatic heterocycles. The van der Waals surface area contributed by atoms with Crippen LogP contribution in [0.5, 0.6) is 11.5 Å². The zero-order valence-corrected chi connectivity index (χ0v) is 19.5. The molecule has 184 valence electrons. The van der Waals surface area contributed by atoms with Crippen molar-refractivity contribution in [2.24, 2.45) is 5.73 Å². The highest BCUT2D eigenvalue weighted by Crippen LogP contribution is 2.16. The molecule has 5 N–H and O–H groups in total. The lowest BCUT2D eigenvalue weighted by molar-refractivity contribution is -0.142. The number of carboxylic acid groups (broad SMARTS) is 1. The molecule has 0 aliphatic carbocycles. The number of carboxylic acids is 1. The molecule has 0 spiro atoms. The predicted molar refractivity (Wildman–Crippen MR) is 129 cm³/mol. The minimum Gasteiger partial charge on any atom is -0.508 e. The summed E-state index contributed by atoms with van der Waals surface area (Å²) >= 11 is 0. The van der Waals surface area contributed by atoms with E-state index in [2.05, 4.69) is 12.2 Å². The topological polar surface area (TPSA) is 139 Å². The van der Waals surface area contributed by atoms with E-state index in [9.17, 15) is 24.6 Å². The van der Waals surface area contributed by atoms with Crippen molar-refractivity contribution in [3.8, 4) is 11.5 Å². The summed E-state index contributed by atoms with van der Waals surface area (Å²) in [5.41, 5.74) is 7.35. The number of benzene rings is 2. The van der Waals surface area contributed by atoms with Gasteiger partial charge in [0, 0.05) is 12.8 Å². The highest BCUT2D eigenvalue weighted by Gasteiger charge is 2.24. The molecule has 0 saturated carbocycles. The van der Waals surface area contributed by atoms with E-state index < -0.39 is 24.0 Å². The van der Waals surface area contributed by atoms with Crippen LogP contribution in [0, 0.1) is 0 Å². The average Bonchev–Trinajstić information content (AvgIpc) is 2.81.